The van der Waals surface area contributed by atoms with Crippen molar-refractivity contribution >= 4 is 27.5 Å². The van der Waals surface area contributed by atoms with E-state index in [-0.39, 0.29) is 0 Å². The average Bonchev–Trinajstić information content (AvgIpc) is 2.63. The highest BCUT2D eigenvalue weighted by Gasteiger charge is 2.35. The summed E-state index contributed by atoms with van der Waals surface area (Å²) in [7, 11) is 0. The quantitative estimate of drug-likeness (QED) is 0.699. The van der Waals surface area contributed by atoms with Crippen LogP contribution in [0.5, 0.6) is 0 Å². The number of halogens is 1. The smallest absolute Gasteiger partial charge is 0.237 e. The summed E-state index contributed by atoms with van der Waals surface area (Å²) in [5, 5.41) is 0. The monoisotopic (exact) mass is 290 g/mol. The largest absolute Gasteiger partial charge is 0.448 e. The molecule has 1 aliphatic carbocycles. The van der Waals surface area contributed by atoms with E-state index in [1.807, 2.05) is 6.07 Å². The molecule has 84 valence electrons. The highest BCUT2D eigenvalue weighted by molar-refractivity contribution is 9.10. The molecule has 0 amide bonds. The number of carbonyl (C=O) groups is 2. The van der Waals surface area contributed by atoms with Gasteiger partial charge in [-0.15, -0.1) is 0 Å². The lowest BCUT2D eigenvalue weighted by molar-refractivity contribution is 0.0814. The van der Waals surface area contributed by atoms with Crippen molar-refractivity contribution in [3.05, 3.63) is 45.6 Å². The van der Waals surface area contributed by atoms with Crippen LogP contribution in [0.1, 0.15) is 26.3 Å². The minimum Gasteiger partial charge on any atom is -0.448 e. The van der Waals surface area contributed by atoms with Crippen LogP contribution in [0.15, 0.2) is 33.4 Å². The second-order valence-corrected chi connectivity index (χ2v) is 4.63. The summed E-state index contributed by atoms with van der Waals surface area (Å²) >= 11 is 3.25. The third kappa shape index (κ3) is 1.27. The predicted molar refractivity (Wildman–Crippen MR) is 65.2 cm³/mol. The normalized spacial score (nSPS) is 13.5. The Kier molecular flexibility index (Phi) is 2.10. The summed E-state index contributed by atoms with van der Waals surface area (Å²) < 4.78 is 6.03. The number of hydrogen-bond donors (Lipinski definition) is 0. The van der Waals surface area contributed by atoms with E-state index in [9.17, 15) is 9.59 Å². The summed E-state index contributed by atoms with van der Waals surface area (Å²) in [6, 6.07) is 6.98. The van der Waals surface area contributed by atoms with Crippen LogP contribution >= 0.6 is 15.9 Å². The van der Waals surface area contributed by atoms with Crippen molar-refractivity contribution < 1.29 is 14.0 Å². The molecule has 2 aromatic rings. The van der Waals surface area contributed by atoms with Crippen molar-refractivity contribution in [3.63, 3.8) is 0 Å². The van der Waals surface area contributed by atoms with Gasteiger partial charge >= 0.3 is 0 Å². The second kappa shape index (κ2) is 3.40. The molecule has 0 bridgehead atoms. The molecule has 0 saturated carbocycles. The van der Waals surface area contributed by atoms with Crippen molar-refractivity contribution in [2.75, 3.05) is 0 Å². The fraction of sp³-hybridized carbons (Fsp3) is 0.0769. The van der Waals surface area contributed by atoms with Gasteiger partial charge in [0.05, 0.1) is 5.56 Å². The molecule has 1 heterocycles. The lowest BCUT2D eigenvalue weighted by atomic mass is 9.87. The summed E-state index contributed by atoms with van der Waals surface area (Å²) in [5.41, 5.74) is 2.14. The van der Waals surface area contributed by atoms with E-state index in [2.05, 4.69) is 15.9 Å². The van der Waals surface area contributed by atoms with Gasteiger partial charge in [0.25, 0.3) is 0 Å². The molecule has 1 aromatic heterocycles. The van der Waals surface area contributed by atoms with Crippen LogP contribution in [0.3, 0.4) is 0 Å². The minimum absolute atomic E-state index is 0.376. The number of carbonyl (C=O) groups excluding carboxylic acids is 2. The molecule has 3 rings (SSSR count). The Labute approximate surface area is 106 Å². The zero-order valence-corrected chi connectivity index (χ0v) is 10.5. The number of fused-ring (bicyclic) bond motifs is 3. The molecular weight excluding hydrogens is 284 g/mol. The van der Waals surface area contributed by atoms with Crippen LogP contribution < -0.4 is 0 Å². The molecule has 1 aromatic carbocycles. The molecule has 0 spiro atoms. The first-order chi connectivity index (χ1) is 8.11. The van der Waals surface area contributed by atoms with Crippen LogP contribution in [0.25, 0.3) is 11.3 Å². The average molecular weight is 291 g/mol. The highest BCUT2D eigenvalue weighted by Crippen LogP contribution is 2.39. The van der Waals surface area contributed by atoms with E-state index in [0.29, 0.717) is 32.7 Å². The molecule has 0 radical (unpaired) electrons. The van der Waals surface area contributed by atoms with Crippen molar-refractivity contribution in [2.45, 2.75) is 6.92 Å². The van der Waals surface area contributed by atoms with E-state index in [1.165, 1.54) is 0 Å². The summed E-state index contributed by atoms with van der Waals surface area (Å²) in [6.07, 6.45) is 0. The summed E-state index contributed by atoms with van der Waals surface area (Å²) in [6.45, 7) is 1.76. The van der Waals surface area contributed by atoms with Gasteiger partial charge in [0, 0.05) is 16.7 Å². The molecular formula is C13H7BrO3. The third-order valence-electron chi connectivity index (χ3n) is 2.94. The third-order valence-corrected chi connectivity index (χ3v) is 3.69. The maximum atomic E-state index is 12.0. The predicted octanol–water partition coefficient (Wildman–Crippen LogP) is 3.40. The number of furan rings is 1. The maximum Gasteiger partial charge on any atom is 0.237 e. The van der Waals surface area contributed by atoms with E-state index in [4.69, 9.17) is 4.42 Å². The van der Waals surface area contributed by atoms with Gasteiger partial charge in [0.1, 0.15) is 5.76 Å². The molecule has 3 nitrogen and oxygen atoms in total. The van der Waals surface area contributed by atoms with Gasteiger partial charge in [-0.05, 0) is 22.9 Å². The molecule has 0 saturated heterocycles. The van der Waals surface area contributed by atoms with Gasteiger partial charge in [0.2, 0.25) is 11.6 Å². The van der Waals surface area contributed by atoms with Crippen molar-refractivity contribution in [2.24, 2.45) is 0 Å². The molecule has 0 atom stereocenters. The number of benzene rings is 1. The van der Waals surface area contributed by atoms with E-state index in [1.54, 1.807) is 25.1 Å². The molecule has 0 aliphatic heterocycles. The van der Waals surface area contributed by atoms with Crippen molar-refractivity contribution in [1.82, 2.24) is 0 Å². The molecule has 17 heavy (non-hydrogen) atoms. The highest BCUT2D eigenvalue weighted by atomic mass is 79.9. The van der Waals surface area contributed by atoms with Gasteiger partial charge < -0.3 is 4.42 Å². The number of ketones is 2. The van der Waals surface area contributed by atoms with Crippen LogP contribution in [0.2, 0.25) is 0 Å². The molecule has 0 unspecified atom stereocenters. The SMILES string of the molecule is Cc1c(Br)oc2c1C(=O)C(=O)c1ccccc1-2. The Morgan fingerprint density at radius 3 is 2.41 bits per heavy atom. The lowest BCUT2D eigenvalue weighted by Crippen LogP contribution is -2.20. The van der Waals surface area contributed by atoms with Gasteiger partial charge in [0.15, 0.2) is 4.67 Å². The van der Waals surface area contributed by atoms with Crippen LogP contribution in [-0.4, -0.2) is 11.6 Å². The second-order valence-electron chi connectivity index (χ2n) is 3.91. The fourth-order valence-corrected chi connectivity index (χ4v) is 2.42. The van der Waals surface area contributed by atoms with E-state index in [0.717, 1.165) is 0 Å². The number of Topliss-reactive ketones (excluding diaryl/α,β-unsaturated/α-hetero) is 2. The van der Waals surface area contributed by atoms with Crippen molar-refractivity contribution in [3.8, 4) is 11.3 Å². The van der Waals surface area contributed by atoms with Gasteiger partial charge in [-0.25, -0.2) is 0 Å². The van der Waals surface area contributed by atoms with Crippen molar-refractivity contribution in [1.29, 1.82) is 0 Å². The Morgan fingerprint density at radius 1 is 1.06 bits per heavy atom. The van der Waals surface area contributed by atoms with E-state index >= 15 is 0 Å². The zero-order valence-electron chi connectivity index (χ0n) is 8.91. The maximum absolute atomic E-state index is 12.0. The van der Waals surface area contributed by atoms with Gasteiger partial charge in [-0.2, -0.15) is 0 Å². The first-order valence-corrected chi connectivity index (χ1v) is 5.88. The first-order valence-electron chi connectivity index (χ1n) is 5.08. The minimum atomic E-state index is -0.495. The topological polar surface area (TPSA) is 47.3 Å². The molecule has 4 heteroatoms. The Bertz CT molecular complexity index is 667. The molecule has 0 N–H and O–H groups in total. The standard InChI is InChI=1S/C13H7BrO3/c1-6-9-11(16)10(15)7-4-2-3-5-8(7)12(9)17-13(6)14/h2-5H,1H3. The first kappa shape index (κ1) is 10.5. The summed E-state index contributed by atoms with van der Waals surface area (Å²) in [4.78, 5) is 23.9. The molecule has 0 fully saturated rings. The Hall–Kier alpha value is -1.68. The lowest BCUT2D eigenvalue weighted by Gasteiger charge is -2.12. The van der Waals surface area contributed by atoms with Gasteiger partial charge in [-0.3, -0.25) is 9.59 Å². The van der Waals surface area contributed by atoms with Crippen LogP contribution in [0, 0.1) is 6.92 Å². The van der Waals surface area contributed by atoms with Crippen LogP contribution in [0.4, 0.5) is 0 Å². The molecule has 1 aliphatic rings. The zero-order chi connectivity index (χ0) is 12.2. The number of rotatable bonds is 0. The van der Waals surface area contributed by atoms with E-state index < -0.39 is 11.6 Å². The number of hydrogen-bond acceptors (Lipinski definition) is 3. The van der Waals surface area contributed by atoms with Gasteiger partial charge in [-0.1, -0.05) is 24.3 Å². The van der Waals surface area contributed by atoms with Crippen LogP contribution in [-0.2, 0) is 0 Å². The summed E-state index contributed by atoms with van der Waals surface area (Å²) in [5.74, 6) is -0.482. The Balaban J connectivity index is 2.44. The Morgan fingerprint density at radius 2 is 1.71 bits per heavy atom. The fourth-order valence-electron chi connectivity index (χ4n) is 2.06.